The van der Waals surface area contributed by atoms with E-state index in [-0.39, 0.29) is 5.97 Å². The molecule has 0 radical (unpaired) electrons. The normalized spacial score (nSPS) is 14.2. The van der Waals surface area contributed by atoms with E-state index in [0.29, 0.717) is 5.69 Å². The number of nitrogens with zero attached hydrogens (tertiary/aromatic N) is 2. The Balaban J connectivity index is 1.09. The van der Waals surface area contributed by atoms with Gasteiger partial charge in [-0.2, -0.15) is 0 Å². The number of anilines is 1. The third kappa shape index (κ3) is 4.44. The lowest BCUT2D eigenvalue weighted by atomic mass is 9.96. The maximum absolute atomic E-state index is 12.7. The topological polar surface area (TPSA) is 80.2 Å². The summed E-state index contributed by atoms with van der Waals surface area (Å²) < 4.78 is 5.11. The predicted molar refractivity (Wildman–Crippen MR) is 178 cm³/mol. The van der Waals surface area contributed by atoms with E-state index >= 15 is 0 Å². The molecule has 0 spiro atoms. The number of fused-ring (bicyclic) bond motifs is 3. The van der Waals surface area contributed by atoms with Crippen LogP contribution in [0, 0.1) is 0 Å². The lowest BCUT2D eigenvalue weighted by molar-refractivity contribution is 0.0596. The van der Waals surface area contributed by atoms with Crippen molar-refractivity contribution in [2.75, 3.05) is 38.2 Å². The van der Waals surface area contributed by atoms with Crippen LogP contribution in [0.3, 0.4) is 0 Å². The van der Waals surface area contributed by atoms with Gasteiger partial charge in [-0.25, -0.2) is 4.79 Å². The van der Waals surface area contributed by atoms with Crippen LogP contribution in [0.25, 0.3) is 55.0 Å². The molecule has 0 saturated carbocycles. The fourth-order valence-electron chi connectivity index (χ4n) is 6.86. The largest absolute Gasteiger partial charge is 0.464 e. The predicted octanol–water partition coefficient (Wildman–Crippen LogP) is 7.57. The second-order valence-corrected chi connectivity index (χ2v) is 11.5. The molecule has 8 rings (SSSR count). The Labute approximate surface area is 255 Å². The van der Waals surface area contributed by atoms with Gasteiger partial charge in [0.2, 0.25) is 0 Å². The average molecular weight is 580 g/mol. The van der Waals surface area contributed by atoms with Gasteiger partial charge in [-0.1, -0.05) is 66.7 Å². The molecular weight excluding hydrogens is 546 g/mol. The number of para-hydroxylation sites is 2. The number of piperazine rings is 1. The number of aromatic nitrogens is 3. The van der Waals surface area contributed by atoms with Crippen LogP contribution in [-0.2, 0) is 11.3 Å². The van der Waals surface area contributed by atoms with Gasteiger partial charge in [-0.3, -0.25) is 4.90 Å². The Bertz CT molecular complexity index is 2130. The summed E-state index contributed by atoms with van der Waals surface area (Å²) in [5.74, 6) is -0.371. The van der Waals surface area contributed by atoms with Crippen molar-refractivity contribution in [3.8, 4) is 22.3 Å². The van der Waals surface area contributed by atoms with Crippen LogP contribution in [0.15, 0.2) is 103 Å². The molecule has 0 unspecified atom stereocenters. The quantitative estimate of drug-likeness (QED) is 0.178. The Morgan fingerprint density at radius 2 is 1.32 bits per heavy atom. The Morgan fingerprint density at radius 3 is 2.05 bits per heavy atom. The number of rotatable bonds is 6. The number of methoxy groups -OCH3 is 1. The van der Waals surface area contributed by atoms with E-state index in [2.05, 4.69) is 97.5 Å². The SMILES string of the molecule is COC(=O)c1[nH]c2ccccc2c1-c1ccc(-c2c(CN3CCN(c4cccc5[nH]ccc45)CC3)[nH]c3ccccc23)cc1. The zero-order valence-electron chi connectivity index (χ0n) is 24.6. The van der Waals surface area contributed by atoms with E-state index in [0.717, 1.165) is 65.8 Å². The van der Waals surface area contributed by atoms with Crippen LogP contribution in [0.5, 0.6) is 0 Å². The van der Waals surface area contributed by atoms with Crippen molar-refractivity contribution >= 4 is 44.4 Å². The standard InChI is InChI=1S/C37H33N5O2/c1-44-37(43)36-35(28-8-3-5-10-31(28)40-36)25-15-13-24(14-16-25)34-27-7-2-4-9-30(27)39-32(34)23-41-19-21-42(22-20-41)33-12-6-11-29-26(33)17-18-38-29/h2-18,38-40H,19-23H2,1H3. The van der Waals surface area contributed by atoms with Crippen molar-refractivity contribution in [1.82, 2.24) is 19.9 Å². The summed E-state index contributed by atoms with van der Waals surface area (Å²) in [7, 11) is 1.42. The monoisotopic (exact) mass is 579 g/mol. The van der Waals surface area contributed by atoms with Gasteiger partial charge in [-0.05, 0) is 41.5 Å². The van der Waals surface area contributed by atoms with Crippen LogP contribution in [0.1, 0.15) is 16.2 Å². The smallest absolute Gasteiger partial charge is 0.355 e. The number of esters is 1. The van der Waals surface area contributed by atoms with Crippen molar-refractivity contribution < 1.29 is 9.53 Å². The van der Waals surface area contributed by atoms with E-state index in [1.807, 2.05) is 30.5 Å². The van der Waals surface area contributed by atoms with Gasteiger partial charge in [0.05, 0.1) is 7.11 Å². The zero-order chi connectivity index (χ0) is 29.6. The number of ether oxygens (including phenoxy) is 1. The molecule has 1 aliphatic heterocycles. The van der Waals surface area contributed by atoms with Crippen LogP contribution >= 0.6 is 0 Å². The first-order valence-corrected chi connectivity index (χ1v) is 15.1. The molecule has 0 atom stereocenters. The fourth-order valence-corrected chi connectivity index (χ4v) is 6.86. The zero-order valence-corrected chi connectivity index (χ0v) is 24.6. The highest BCUT2D eigenvalue weighted by Gasteiger charge is 2.23. The van der Waals surface area contributed by atoms with Crippen LogP contribution < -0.4 is 4.90 Å². The maximum atomic E-state index is 12.7. The number of carbonyl (C=O) groups excluding carboxylic acids is 1. The molecule has 1 fully saturated rings. The van der Waals surface area contributed by atoms with Crippen molar-refractivity contribution in [1.29, 1.82) is 0 Å². The maximum Gasteiger partial charge on any atom is 0.355 e. The van der Waals surface area contributed by atoms with Gasteiger partial charge < -0.3 is 24.6 Å². The summed E-state index contributed by atoms with van der Waals surface area (Å²) in [6.07, 6.45) is 2.02. The second kappa shape index (κ2) is 10.8. The van der Waals surface area contributed by atoms with E-state index < -0.39 is 0 Å². The first-order valence-electron chi connectivity index (χ1n) is 15.1. The highest BCUT2D eigenvalue weighted by atomic mass is 16.5. The van der Waals surface area contributed by atoms with E-state index in [4.69, 9.17) is 4.74 Å². The van der Waals surface area contributed by atoms with Crippen molar-refractivity contribution in [2.45, 2.75) is 6.54 Å². The van der Waals surface area contributed by atoms with E-state index in [9.17, 15) is 4.79 Å². The molecule has 218 valence electrons. The molecule has 7 aromatic rings. The molecule has 1 aliphatic rings. The Hall–Kier alpha value is -5.27. The molecule has 4 aromatic carbocycles. The van der Waals surface area contributed by atoms with Crippen LogP contribution in [-0.4, -0.2) is 59.1 Å². The fraction of sp³-hybridized carbons (Fsp3) is 0.162. The molecule has 3 aromatic heterocycles. The minimum absolute atomic E-state index is 0.371. The highest BCUT2D eigenvalue weighted by Crippen LogP contribution is 2.37. The van der Waals surface area contributed by atoms with Crippen LogP contribution in [0.2, 0.25) is 0 Å². The number of hydrogen-bond acceptors (Lipinski definition) is 4. The second-order valence-electron chi connectivity index (χ2n) is 11.5. The first kappa shape index (κ1) is 26.4. The van der Waals surface area contributed by atoms with Crippen LogP contribution in [0.4, 0.5) is 5.69 Å². The molecule has 7 nitrogen and oxygen atoms in total. The number of nitrogens with one attached hydrogen (secondary N) is 3. The Morgan fingerprint density at radius 1 is 0.682 bits per heavy atom. The number of carbonyl (C=O) groups is 1. The number of hydrogen-bond donors (Lipinski definition) is 3. The average Bonchev–Trinajstić information content (AvgIpc) is 3.80. The molecule has 44 heavy (non-hydrogen) atoms. The lowest BCUT2D eigenvalue weighted by Crippen LogP contribution is -2.46. The van der Waals surface area contributed by atoms with Gasteiger partial charge in [0.15, 0.2) is 0 Å². The number of aromatic amines is 3. The van der Waals surface area contributed by atoms with Gasteiger partial charge in [0.25, 0.3) is 0 Å². The summed E-state index contributed by atoms with van der Waals surface area (Å²) in [6.45, 7) is 4.81. The summed E-state index contributed by atoms with van der Waals surface area (Å²) >= 11 is 0. The minimum atomic E-state index is -0.371. The van der Waals surface area contributed by atoms with Gasteiger partial charge in [0, 0.05) is 94.1 Å². The molecule has 0 aliphatic carbocycles. The lowest BCUT2D eigenvalue weighted by Gasteiger charge is -2.36. The molecule has 7 heteroatoms. The van der Waals surface area contributed by atoms with Gasteiger partial charge in [-0.15, -0.1) is 0 Å². The van der Waals surface area contributed by atoms with E-state index in [1.165, 1.54) is 40.3 Å². The van der Waals surface area contributed by atoms with Gasteiger partial charge in [0.1, 0.15) is 5.69 Å². The molecule has 0 amide bonds. The molecular formula is C37H33N5O2. The molecule has 1 saturated heterocycles. The molecule has 4 heterocycles. The van der Waals surface area contributed by atoms with Crippen molar-refractivity contribution in [3.63, 3.8) is 0 Å². The molecule has 0 bridgehead atoms. The minimum Gasteiger partial charge on any atom is -0.464 e. The Kier molecular flexibility index (Phi) is 6.46. The van der Waals surface area contributed by atoms with Crippen molar-refractivity contribution in [3.05, 3.63) is 115 Å². The summed E-state index contributed by atoms with van der Waals surface area (Å²) in [5, 5.41) is 3.50. The molecule has 3 N–H and O–H groups in total. The first-order chi connectivity index (χ1) is 21.7. The third-order valence-electron chi connectivity index (χ3n) is 9.01. The summed E-state index contributed by atoms with van der Waals surface area (Å²) in [5.41, 5.74) is 10.5. The third-order valence-corrected chi connectivity index (χ3v) is 9.01. The number of H-pyrrole nitrogens is 3. The van der Waals surface area contributed by atoms with E-state index in [1.54, 1.807) is 0 Å². The number of benzene rings is 4. The summed E-state index contributed by atoms with van der Waals surface area (Å²) in [4.78, 5) is 28.1. The van der Waals surface area contributed by atoms with Gasteiger partial charge >= 0.3 is 5.97 Å². The summed E-state index contributed by atoms with van der Waals surface area (Å²) in [6, 6.07) is 33.8. The van der Waals surface area contributed by atoms with Crippen molar-refractivity contribution in [2.24, 2.45) is 0 Å². The highest BCUT2D eigenvalue weighted by molar-refractivity contribution is 6.08.